The second-order valence-electron chi connectivity index (χ2n) is 5.65. The fourth-order valence-corrected chi connectivity index (χ4v) is 3.33. The van der Waals surface area contributed by atoms with E-state index in [1.165, 1.54) is 27.7 Å². The zero-order chi connectivity index (χ0) is 13.6. The predicted octanol–water partition coefficient (Wildman–Crippen LogP) is 3.18. The molecule has 0 amide bonds. The molecule has 2 heterocycles. The quantitative estimate of drug-likeness (QED) is 0.895. The Balaban J connectivity index is 2.46. The zero-order valence-electron chi connectivity index (χ0n) is 12.2. The van der Waals surface area contributed by atoms with E-state index in [1.54, 1.807) is 7.11 Å². The van der Waals surface area contributed by atoms with E-state index in [4.69, 9.17) is 4.74 Å². The Morgan fingerprint density at radius 1 is 1.32 bits per heavy atom. The van der Waals surface area contributed by atoms with Crippen molar-refractivity contribution >= 4 is 10.9 Å². The lowest BCUT2D eigenvalue weighted by atomic mass is 9.96. The highest BCUT2D eigenvalue weighted by atomic mass is 16.5. The van der Waals surface area contributed by atoms with E-state index in [0.29, 0.717) is 5.92 Å². The minimum Gasteiger partial charge on any atom is -0.495 e. The van der Waals surface area contributed by atoms with Crippen LogP contribution in [0, 0.1) is 6.92 Å². The van der Waals surface area contributed by atoms with Gasteiger partial charge in [-0.15, -0.1) is 0 Å². The van der Waals surface area contributed by atoms with E-state index in [1.807, 2.05) is 0 Å². The van der Waals surface area contributed by atoms with Crippen LogP contribution in [0.1, 0.15) is 36.6 Å². The minimum absolute atomic E-state index is 0.532. The number of methoxy groups -OCH3 is 1. The third-order valence-corrected chi connectivity index (χ3v) is 4.13. The molecule has 0 unspecified atom stereocenters. The number of benzene rings is 1. The molecule has 1 aromatic heterocycles. The van der Waals surface area contributed by atoms with Crippen LogP contribution in [-0.4, -0.2) is 18.2 Å². The first-order chi connectivity index (χ1) is 9.15. The lowest BCUT2D eigenvalue weighted by Crippen LogP contribution is -2.28. The Hall–Kier alpha value is -1.48. The molecule has 0 saturated heterocycles. The summed E-state index contributed by atoms with van der Waals surface area (Å²) in [4.78, 5) is 0. The molecule has 1 aliphatic rings. The van der Waals surface area contributed by atoms with Crippen molar-refractivity contribution in [1.29, 1.82) is 0 Å². The van der Waals surface area contributed by atoms with Gasteiger partial charge in [-0.05, 0) is 30.0 Å². The molecule has 0 fully saturated rings. The fourth-order valence-electron chi connectivity index (χ4n) is 3.33. The van der Waals surface area contributed by atoms with Gasteiger partial charge in [-0.25, -0.2) is 0 Å². The molecule has 102 valence electrons. The van der Waals surface area contributed by atoms with Gasteiger partial charge >= 0.3 is 0 Å². The third kappa shape index (κ3) is 1.76. The average Bonchev–Trinajstić information content (AvgIpc) is 2.76. The number of hydrogen-bond acceptors (Lipinski definition) is 2. The molecule has 19 heavy (non-hydrogen) atoms. The largest absolute Gasteiger partial charge is 0.495 e. The van der Waals surface area contributed by atoms with Crippen molar-refractivity contribution in [3.63, 3.8) is 0 Å². The van der Waals surface area contributed by atoms with Crippen LogP contribution < -0.4 is 10.1 Å². The lowest BCUT2D eigenvalue weighted by molar-refractivity contribution is 0.415. The summed E-state index contributed by atoms with van der Waals surface area (Å²) in [6.07, 6.45) is 0. The molecule has 0 aliphatic carbocycles. The third-order valence-electron chi connectivity index (χ3n) is 4.13. The van der Waals surface area contributed by atoms with Gasteiger partial charge in [0.05, 0.1) is 12.6 Å². The Kier molecular flexibility index (Phi) is 3.02. The first kappa shape index (κ1) is 12.5. The fraction of sp³-hybridized carbons (Fsp3) is 0.500. The number of aromatic nitrogens is 1. The van der Waals surface area contributed by atoms with Crippen molar-refractivity contribution in [2.24, 2.45) is 0 Å². The summed E-state index contributed by atoms with van der Waals surface area (Å²) in [5.74, 6) is 1.53. The van der Waals surface area contributed by atoms with E-state index >= 15 is 0 Å². The maximum atomic E-state index is 5.60. The summed E-state index contributed by atoms with van der Waals surface area (Å²) in [5, 5.41) is 4.89. The van der Waals surface area contributed by atoms with E-state index < -0.39 is 0 Å². The Morgan fingerprint density at radius 3 is 2.79 bits per heavy atom. The van der Waals surface area contributed by atoms with Crippen molar-refractivity contribution < 1.29 is 4.74 Å². The summed E-state index contributed by atoms with van der Waals surface area (Å²) in [5.41, 5.74) is 5.55. The van der Waals surface area contributed by atoms with Crippen LogP contribution in [0.3, 0.4) is 0 Å². The van der Waals surface area contributed by atoms with Crippen molar-refractivity contribution in [3.05, 3.63) is 29.0 Å². The number of hydrogen-bond donors (Lipinski definition) is 1. The number of nitrogens with one attached hydrogen (secondary N) is 1. The summed E-state index contributed by atoms with van der Waals surface area (Å²) >= 11 is 0. The van der Waals surface area contributed by atoms with Crippen molar-refractivity contribution in [2.45, 2.75) is 39.8 Å². The van der Waals surface area contributed by atoms with Gasteiger partial charge < -0.3 is 14.6 Å². The molecule has 0 atom stereocenters. The van der Waals surface area contributed by atoms with Gasteiger partial charge in [0.1, 0.15) is 5.75 Å². The summed E-state index contributed by atoms with van der Waals surface area (Å²) in [6.45, 7) is 9.79. The second-order valence-corrected chi connectivity index (χ2v) is 5.65. The van der Waals surface area contributed by atoms with E-state index in [2.05, 4.69) is 42.8 Å². The number of fused-ring (bicyclic) bond motifs is 3. The van der Waals surface area contributed by atoms with Gasteiger partial charge in [0.25, 0.3) is 0 Å². The van der Waals surface area contributed by atoms with Crippen LogP contribution in [0.25, 0.3) is 10.9 Å². The molecule has 3 nitrogen and oxygen atoms in total. The molecule has 0 bridgehead atoms. The lowest BCUT2D eigenvalue weighted by Gasteiger charge is -2.20. The number of ether oxygens (including phenoxy) is 1. The van der Waals surface area contributed by atoms with Crippen LogP contribution in [0.2, 0.25) is 0 Å². The normalized spacial score (nSPS) is 15.0. The van der Waals surface area contributed by atoms with Crippen molar-refractivity contribution in [2.75, 3.05) is 13.7 Å². The van der Waals surface area contributed by atoms with E-state index in [0.717, 1.165) is 25.4 Å². The molecule has 1 N–H and O–H groups in total. The Labute approximate surface area is 114 Å². The topological polar surface area (TPSA) is 26.2 Å². The molecule has 1 aliphatic heterocycles. The molecule has 3 heteroatoms. The first-order valence-electron chi connectivity index (χ1n) is 7.04. The van der Waals surface area contributed by atoms with Gasteiger partial charge in [-0.3, -0.25) is 0 Å². The smallest absolute Gasteiger partial charge is 0.143 e. The van der Waals surface area contributed by atoms with Gasteiger partial charge in [0.15, 0.2) is 0 Å². The standard InChI is InChI=1S/C16H22N2O/c1-10(2)14-12-9-17-7-8-18(12)16-13(19-4)6-5-11(3)15(14)16/h5-6,10,17H,7-9H2,1-4H3. The van der Waals surface area contributed by atoms with Crippen LogP contribution in [0.4, 0.5) is 0 Å². The molecular weight excluding hydrogens is 236 g/mol. The molecule has 3 rings (SSSR count). The van der Waals surface area contributed by atoms with Crippen LogP contribution in [0.15, 0.2) is 12.1 Å². The molecule has 2 aromatic rings. The minimum atomic E-state index is 0.532. The Morgan fingerprint density at radius 2 is 2.11 bits per heavy atom. The maximum absolute atomic E-state index is 5.60. The molecule has 0 saturated carbocycles. The SMILES string of the molecule is COc1ccc(C)c2c(C(C)C)c3n(c12)CCNC3. The van der Waals surface area contributed by atoms with E-state index in [9.17, 15) is 0 Å². The first-order valence-corrected chi connectivity index (χ1v) is 7.04. The number of aryl methyl sites for hydroxylation is 1. The highest BCUT2D eigenvalue weighted by molar-refractivity contribution is 5.93. The summed E-state index contributed by atoms with van der Waals surface area (Å²) in [6, 6.07) is 4.27. The molecule has 0 spiro atoms. The van der Waals surface area contributed by atoms with Crippen LogP contribution in [0.5, 0.6) is 5.75 Å². The second kappa shape index (κ2) is 4.57. The summed E-state index contributed by atoms with van der Waals surface area (Å²) in [7, 11) is 1.76. The van der Waals surface area contributed by atoms with Crippen LogP contribution >= 0.6 is 0 Å². The van der Waals surface area contributed by atoms with Crippen LogP contribution in [-0.2, 0) is 13.1 Å². The van der Waals surface area contributed by atoms with Gasteiger partial charge in [0.2, 0.25) is 0 Å². The van der Waals surface area contributed by atoms with E-state index in [-0.39, 0.29) is 0 Å². The monoisotopic (exact) mass is 258 g/mol. The molecular formula is C16H22N2O. The zero-order valence-corrected chi connectivity index (χ0v) is 12.2. The average molecular weight is 258 g/mol. The molecule has 1 aromatic carbocycles. The predicted molar refractivity (Wildman–Crippen MR) is 79.0 cm³/mol. The van der Waals surface area contributed by atoms with Crippen molar-refractivity contribution in [3.8, 4) is 5.75 Å². The van der Waals surface area contributed by atoms with Gasteiger partial charge in [0, 0.05) is 30.7 Å². The Bertz CT molecular complexity index is 625. The number of rotatable bonds is 2. The van der Waals surface area contributed by atoms with Gasteiger partial charge in [-0.2, -0.15) is 0 Å². The highest BCUT2D eigenvalue weighted by Gasteiger charge is 2.24. The highest BCUT2D eigenvalue weighted by Crippen LogP contribution is 2.39. The number of nitrogens with zero attached hydrogens (tertiary/aromatic N) is 1. The van der Waals surface area contributed by atoms with Gasteiger partial charge in [-0.1, -0.05) is 19.9 Å². The summed E-state index contributed by atoms with van der Waals surface area (Å²) < 4.78 is 8.05. The van der Waals surface area contributed by atoms with Crippen molar-refractivity contribution in [1.82, 2.24) is 9.88 Å². The molecule has 0 radical (unpaired) electrons. The maximum Gasteiger partial charge on any atom is 0.143 e.